The number of carbonyl (C=O) groups is 1. The van der Waals surface area contributed by atoms with Crippen LogP contribution in [-0.4, -0.2) is 30.6 Å². The Balaban J connectivity index is 2.59. The highest BCUT2D eigenvalue weighted by Crippen LogP contribution is 2.13. The van der Waals surface area contributed by atoms with Gasteiger partial charge in [0.15, 0.2) is 0 Å². The number of nitrogens with two attached hydrogens (primary N) is 1. The van der Waals surface area contributed by atoms with Crippen molar-refractivity contribution in [2.45, 2.75) is 26.3 Å². The third-order valence-electron chi connectivity index (χ3n) is 2.80. The van der Waals surface area contributed by atoms with E-state index >= 15 is 0 Å². The number of ether oxygens (including phenoxy) is 1. The lowest BCUT2D eigenvalue weighted by Gasteiger charge is -2.27. The number of nitrogens with zero attached hydrogens (tertiary/aromatic N) is 1. The highest BCUT2D eigenvalue weighted by Gasteiger charge is 2.21. The molecule has 1 aromatic rings. The van der Waals surface area contributed by atoms with Crippen molar-refractivity contribution in [3.05, 3.63) is 30.3 Å². The molecule has 1 unspecified atom stereocenters. The first-order valence-corrected chi connectivity index (χ1v) is 6.24. The molecular formula is C14H22N2O2. The van der Waals surface area contributed by atoms with Gasteiger partial charge in [-0.1, -0.05) is 32.0 Å². The van der Waals surface area contributed by atoms with Gasteiger partial charge in [0.25, 0.3) is 0 Å². The Morgan fingerprint density at radius 3 is 2.44 bits per heavy atom. The van der Waals surface area contributed by atoms with E-state index in [4.69, 9.17) is 10.5 Å². The number of hydrogen-bond acceptors (Lipinski definition) is 3. The zero-order valence-corrected chi connectivity index (χ0v) is 11.3. The van der Waals surface area contributed by atoms with E-state index in [-0.39, 0.29) is 12.1 Å². The molecular weight excluding hydrogens is 228 g/mol. The van der Waals surface area contributed by atoms with Gasteiger partial charge >= 0.3 is 6.09 Å². The molecule has 0 aliphatic carbocycles. The summed E-state index contributed by atoms with van der Waals surface area (Å²) < 4.78 is 5.27. The lowest BCUT2D eigenvalue weighted by molar-refractivity contribution is 0.140. The number of likely N-dealkylation sites (N-methyl/N-ethyl adjacent to an activating group) is 1. The predicted molar refractivity (Wildman–Crippen MR) is 72.5 cm³/mol. The summed E-state index contributed by atoms with van der Waals surface area (Å²) in [7, 11) is 1.73. The number of amides is 1. The van der Waals surface area contributed by atoms with Crippen molar-refractivity contribution in [3.8, 4) is 5.75 Å². The largest absolute Gasteiger partial charge is 0.415 e. The van der Waals surface area contributed by atoms with Crippen LogP contribution in [0.25, 0.3) is 0 Å². The monoisotopic (exact) mass is 250 g/mol. The van der Waals surface area contributed by atoms with Crippen LogP contribution in [0.4, 0.5) is 4.79 Å². The van der Waals surface area contributed by atoms with Crippen LogP contribution >= 0.6 is 0 Å². The van der Waals surface area contributed by atoms with Gasteiger partial charge < -0.3 is 15.4 Å². The molecule has 0 aliphatic rings. The third kappa shape index (κ3) is 4.37. The van der Waals surface area contributed by atoms with Crippen LogP contribution in [-0.2, 0) is 0 Å². The summed E-state index contributed by atoms with van der Waals surface area (Å²) in [6.45, 7) is 4.66. The second-order valence-corrected chi connectivity index (χ2v) is 4.81. The maximum Gasteiger partial charge on any atom is 0.415 e. The minimum Gasteiger partial charge on any atom is -0.410 e. The fourth-order valence-corrected chi connectivity index (χ4v) is 1.77. The number of carbonyl (C=O) groups excluding carboxylic acids is 1. The minimum atomic E-state index is -0.364. The standard InChI is InChI=1S/C14H22N2O2/c1-11(2)9-12(10-15)16(3)14(17)18-13-7-5-4-6-8-13/h4-8,11-12H,9-10,15H2,1-3H3. The molecule has 0 saturated carbocycles. The lowest BCUT2D eigenvalue weighted by atomic mass is 10.0. The number of hydrogen-bond donors (Lipinski definition) is 1. The summed E-state index contributed by atoms with van der Waals surface area (Å²) in [5.74, 6) is 1.04. The molecule has 4 nitrogen and oxygen atoms in total. The topological polar surface area (TPSA) is 55.6 Å². The molecule has 0 radical (unpaired) electrons. The first kappa shape index (κ1) is 14.5. The van der Waals surface area contributed by atoms with E-state index in [9.17, 15) is 4.79 Å². The normalized spacial score (nSPS) is 12.3. The van der Waals surface area contributed by atoms with E-state index in [0.717, 1.165) is 6.42 Å². The van der Waals surface area contributed by atoms with Gasteiger partial charge in [-0.05, 0) is 24.5 Å². The first-order valence-electron chi connectivity index (χ1n) is 6.24. The van der Waals surface area contributed by atoms with Gasteiger partial charge in [0.1, 0.15) is 5.75 Å². The maximum atomic E-state index is 11.9. The molecule has 0 aromatic heterocycles. The predicted octanol–water partition coefficient (Wildman–Crippen LogP) is 2.49. The third-order valence-corrected chi connectivity index (χ3v) is 2.80. The first-order chi connectivity index (χ1) is 8.54. The summed E-state index contributed by atoms with van der Waals surface area (Å²) in [4.78, 5) is 13.5. The summed E-state index contributed by atoms with van der Waals surface area (Å²) in [5, 5.41) is 0. The molecule has 0 bridgehead atoms. The Hall–Kier alpha value is -1.55. The van der Waals surface area contributed by atoms with Gasteiger partial charge in [-0.2, -0.15) is 0 Å². The SMILES string of the molecule is CC(C)CC(CN)N(C)C(=O)Oc1ccccc1. The molecule has 1 rings (SSSR count). The van der Waals surface area contributed by atoms with Crippen molar-refractivity contribution >= 4 is 6.09 Å². The van der Waals surface area contributed by atoms with Gasteiger partial charge in [-0.3, -0.25) is 0 Å². The summed E-state index contributed by atoms with van der Waals surface area (Å²) in [5.41, 5.74) is 5.70. The fourth-order valence-electron chi connectivity index (χ4n) is 1.77. The molecule has 0 saturated heterocycles. The summed E-state index contributed by atoms with van der Waals surface area (Å²) in [6, 6.07) is 9.06. The molecule has 2 N–H and O–H groups in total. The Labute approximate surface area is 109 Å². The van der Waals surface area contributed by atoms with Crippen molar-refractivity contribution in [3.63, 3.8) is 0 Å². The van der Waals surface area contributed by atoms with Gasteiger partial charge in [0.2, 0.25) is 0 Å². The Kier molecular flexibility index (Phi) is 5.65. The molecule has 1 aromatic carbocycles. The quantitative estimate of drug-likeness (QED) is 0.873. The fraction of sp³-hybridized carbons (Fsp3) is 0.500. The zero-order chi connectivity index (χ0) is 13.5. The van der Waals surface area contributed by atoms with E-state index in [0.29, 0.717) is 18.2 Å². The number of rotatable bonds is 5. The highest BCUT2D eigenvalue weighted by molar-refractivity contribution is 5.70. The van der Waals surface area contributed by atoms with Crippen LogP contribution < -0.4 is 10.5 Å². The van der Waals surface area contributed by atoms with Gasteiger partial charge in [0, 0.05) is 19.6 Å². The van der Waals surface area contributed by atoms with Crippen LogP contribution in [0.5, 0.6) is 5.75 Å². The molecule has 0 heterocycles. The zero-order valence-electron chi connectivity index (χ0n) is 11.3. The van der Waals surface area contributed by atoms with Gasteiger partial charge in [0.05, 0.1) is 0 Å². The Morgan fingerprint density at radius 2 is 1.94 bits per heavy atom. The van der Waals surface area contributed by atoms with Crippen molar-refractivity contribution in [2.24, 2.45) is 11.7 Å². The average Bonchev–Trinajstić information content (AvgIpc) is 2.36. The van der Waals surface area contributed by atoms with E-state index < -0.39 is 0 Å². The Morgan fingerprint density at radius 1 is 1.33 bits per heavy atom. The second-order valence-electron chi connectivity index (χ2n) is 4.81. The molecule has 100 valence electrons. The van der Waals surface area contributed by atoms with Crippen molar-refractivity contribution in [2.75, 3.05) is 13.6 Å². The minimum absolute atomic E-state index is 0.0150. The molecule has 18 heavy (non-hydrogen) atoms. The summed E-state index contributed by atoms with van der Waals surface area (Å²) in [6.07, 6.45) is 0.508. The smallest absolute Gasteiger partial charge is 0.410 e. The average molecular weight is 250 g/mol. The lowest BCUT2D eigenvalue weighted by Crippen LogP contribution is -2.43. The molecule has 4 heteroatoms. The molecule has 1 amide bonds. The van der Waals surface area contributed by atoms with E-state index in [1.54, 1.807) is 24.1 Å². The summed E-state index contributed by atoms with van der Waals surface area (Å²) >= 11 is 0. The molecule has 0 fully saturated rings. The number of benzene rings is 1. The van der Waals surface area contributed by atoms with E-state index in [1.807, 2.05) is 18.2 Å². The van der Waals surface area contributed by atoms with Crippen molar-refractivity contribution in [1.82, 2.24) is 4.90 Å². The number of para-hydroxylation sites is 1. The highest BCUT2D eigenvalue weighted by atomic mass is 16.6. The second kappa shape index (κ2) is 7.01. The van der Waals surface area contributed by atoms with Crippen LogP contribution in [0.15, 0.2) is 30.3 Å². The van der Waals surface area contributed by atoms with Crippen molar-refractivity contribution < 1.29 is 9.53 Å². The molecule has 0 aliphatic heterocycles. The van der Waals surface area contributed by atoms with Crippen LogP contribution in [0.2, 0.25) is 0 Å². The van der Waals surface area contributed by atoms with Gasteiger partial charge in [-0.25, -0.2) is 4.79 Å². The van der Waals surface area contributed by atoms with Crippen LogP contribution in [0.1, 0.15) is 20.3 Å². The molecule has 0 spiro atoms. The Bertz CT molecular complexity index is 365. The maximum absolute atomic E-state index is 11.9. The van der Waals surface area contributed by atoms with Gasteiger partial charge in [-0.15, -0.1) is 0 Å². The van der Waals surface area contributed by atoms with Crippen LogP contribution in [0.3, 0.4) is 0 Å². The van der Waals surface area contributed by atoms with E-state index in [2.05, 4.69) is 13.8 Å². The van der Waals surface area contributed by atoms with E-state index in [1.165, 1.54) is 0 Å². The van der Waals surface area contributed by atoms with Crippen molar-refractivity contribution in [1.29, 1.82) is 0 Å². The molecule has 1 atom stereocenters. The van der Waals surface area contributed by atoms with Crippen LogP contribution in [0, 0.1) is 5.92 Å².